The number of aromatic nitrogens is 4. The minimum atomic E-state index is -0.395. The van der Waals surface area contributed by atoms with E-state index in [9.17, 15) is 4.79 Å². The summed E-state index contributed by atoms with van der Waals surface area (Å²) in [4.78, 5) is 23.8. The molecule has 2 rings (SSSR count). The van der Waals surface area contributed by atoms with E-state index in [1.54, 1.807) is 4.57 Å². The number of imidazole rings is 1. The van der Waals surface area contributed by atoms with Crippen molar-refractivity contribution in [2.24, 2.45) is 0 Å². The number of nitrogens with two attached hydrogens (primary N) is 1. The van der Waals surface area contributed by atoms with Crippen molar-refractivity contribution in [2.75, 3.05) is 26.6 Å². The van der Waals surface area contributed by atoms with Gasteiger partial charge in [-0.05, 0) is 6.42 Å². The van der Waals surface area contributed by atoms with Gasteiger partial charge in [0.15, 0.2) is 17.0 Å². The molecule has 0 radical (unpaired) electrons. The van der Waals surface area contributed by atoms with Gasteiger partial charge in [-0.3, -0.25) is 9.36 Å². The number of hydrogen-bond donors (Lipinski definition) is 1. The van der Waals surface area contributed by atoms with Crippen molar-refractivity contribution in [3.63, 3.8) is 0 Å². The number of ether oxygens (including phenoxy) is 3. The smallest absolute Gasteiger partial charge is 0.320 e. The number of rotatable bonds is 7. The lowest BCUT2D eigenvalue weighted by Crippen LogP contribution is -2.06. The number of unbranched alkanes of at least 4 members (excludes halogenated alkanes) is 1. The maximum absolute atomic E-state index is 11.1. The Bertz CT molecular complexity index is 806. The van der Waals surface area contributed by atoms with Crippen LogP contribution in [0.5, 0.6) is 12.0 Å². The second-order valence-corrected chi connectivity index (χ2v) is 5.06. The van der Waals surface area contributed by atoms with Gasteiger partial charge in [-0.25, -0.2) is 0 Å². The van der Waals surface area contributed by atoms with Crippen molar-refractivity contribution in [2.45, 2.75) is 32.7 Å². The van der Waals surface area contributed by atoms with E-state index >= 15 is 0 Å². The van der Waals surface area contributed by atoms with Crippen LogP contribution < -0.4 is 15.2 Å². The van der Waals surface area contributed by atoms with Gasteiger partial charge in [0.05, 0.1) is 27.4 Å². The Morgan fingerprint density at radius 2 is 2.04 bits per heavy atom. The van der Waals surface area contributed by atoms with Crippen LogP contribution in [-0.4, -0.2) is 46.3 Å². The molecular formula is C16H21N5O4. The number of carbonyl (C=O) groups excluding carboxylic acids is 1. The minimum absolute atomic E-state index is 0.00788. The van der Waals surface area contributed by atoms with E-state index in [4.69, 9.17) is 15.2 Å². The van der Waals surface area contributed by atoms with Gasteiger partial charge in [-0.1, -0.05) is 25.2 Å². The Kier molecular flexibility index (Phi) is 6.39. The fourth-order valence-corrected chi connectivity index (χ4v) is 1.99. The molecule has 0 aliphatic rings. The number of nitrogen functional groups attached to an aromatic ring is 1. The highest BCUT2D eigenvalue weighted by Crippen LogP contribution is 2.25. The number of hydrogen-bond acceptors (Lipinski definition) is 8. The Hall–Kier alpha value is -3.02. The Morgan fingerprint density at radius 3 is 2.72 bits per heavy atom. The van der Waals surface area contributed by atoms with E-state index in [2.05, 4.69) is 38.5 Å². The number of esters is 1. The normalized spacial score (nSPS) is 10.2. The zero-order chi connectivity index (χ0) is 18.2. The van der Waals surface area contributed by atoms with Crippen LogP contribution in [0.25, 0.3) is 11.2 Å². The summed E-state index contributed by atoms with van der Waals surface area (Å²) in [6.07, 6.45) is 1.90. The fourth-order valence-electron chi connectivity index (χ4n) is 1.99. The van der Waals surface area contributed by atoms with Crippen LogP contribution >= 0.6 is 0 Å². The molecule has 0 saturated carbocycles. The second-order valence-electron chi connectivity index (χ2n) is 5.06. The molecule has 0 aromatic carbocycles. The molecule has 2 aromatic heterocycles. The highest BCUT2D eigenvalue weighted by atomic mass is 16.5. The van der Waals surface area contributed by atoms with Gasteiger partial charge < -0.3 is 19.9 Å². The first-order valence-corrected chi connectivity index (χ1v) is 7.83. The summed E-state index contributed by atoms with van der Waals surface area (Å²) in [6, 6.07) is 0.485. The summed E-state index contributed by atoms with van der Waals surface area (Å²) < 4.78 is 17.0. The molecule has 25 heavy (non-hydrogen) atoms. The first-order chi connectivity index (χ1) is 12.1. The Morgan fingerprint density at radius 1 is 1.24 bits per heavy atom. The van der Waals surface area contributed by atoms with Gasteiger partial charge in [0.1, 0.15) is 6.42 Å². The van der Waals surface area contributed by atoms with Crippen molar-refractivity contribution in [3.8, 4) is 23.9 Å². The zero-order valence-electron chi connectivity index (χ0n) is 14.5. The van der Waals surface area contributed by atoms with Crippen molar-refractivity contribution >= 4 is 23.0 Å². The summed E-state index contributed by atoms with van der Waals surface area (Å²) in [5, 5.41) is 0. The molecule has 134 valence electrons. The van der Waals surface area contributed by atoms with Crippen molar-refractivity contribution in [1.29, 1.82) is 0 Å². The van der Waals surface area contributed by atoms with Crippen LogP contribution in [0.3, 0.4) is 0 Å². The van der Waals surface area contributed by atoms with Crippen LogP contribution in [0, 0.1) is 11.8 Å². The number of methoxy groups -OCH3 is 2. The lowest BCUT2D eigenvalue weighted by atomic mass is 10.4. The van der Waals surface area contributed by atoms with E-state index in [0.29, 0.717) is 23.8 Å². The molecule has 0 atom stereocenters. The van der Waals surface area contributed by atoms with Gasteiger partial charge in [-0.15, -0.1) is 0 Å². The van der Waals surface area contributed by atoms with Gasteiger partial charge in [0.25, 0.3) is 6.01 Å². The van der Waals surface area contributed by atoms with Crippen LogP contribution in [-0.2, 0) is 16.1 Å². The SMILES string of the molecule is CCCCOc1nc(N)c2nc(OC)n(CC#CCC(=O)OC)c2n1. The standard InChI is InChI=1S/C16H21N5O4/c1-4-5-10-25-15-19-13(17)12-14(20-15)21(16(18-12)24-3)9-7-6-8-11(22)23-2/h4-5,8-10H2,1-3H3,(H2,17,19,20). The van der Waals surface area contributed by atoms with E-state index in [0.717, 1.165) is 12.8 Å². The Balaban J connectivity index is 2.31. The first-order valence-electron chi connectivity index (χ1n) is 7.83. The first kappa shape index (κ1) is 18.3. The van der Waals surface area contributed by atoms with Crippen LogP contribution in [0.4, 0.5) is 5.82 Å². The highest BCUT2D eigenvalue weighted by Gasteiger charge is 2.17. The fraction of sp³-hybridized carbons (Fsp3) is 0.500. The highest BCUT2D eigenvalue weighted by molar-refractivity contribution is 5.83. The van der Waals surface area contributed by atoms with Crippen LogP contribution in [0.1, 0.15) is 26.2 Å². The summed E-state index contributed by atoms with van der Waals surface area (Å²) in [6.45, 7) is 2.79. The van der Waals surface area contributed by atoms with Crippen molar-refractivity contribution in [3.05, 3.63) is 0 Å². The lowest BCUT2D eigenvalue weighted by molar-refractivity contribution is -0.139. The second kappa shape index (κ2) is 8.73. The van der Waals surface area contributed by atoms with Gasteiger partial charge in [0, 0.05) is 0 Å². The van der Waals surface area contributed by atoms with E-state index < -0.39 is 5.97 Å². The maximum atomic E-state index is 11.1. The topological polar surface area (TPSA) is 114 Å². The van der Waals surface area contributed by atoms with Crippen LogP contribution in [0.15, 0.2) is 0 Å². The van der Waals surface area contributed by atoms with E-state index in [-0.39, 0.29) is 24.8 Å². The van der Waals surface area contributed by atoms with Crippen LogP contribution in [0.2, 0.25) is 0 Å². The summed E-state index contributed by atoms with van der Waals surface area (Å²) in [7, 11) is 2.80. The lowest BCUT2D eigenvalue weighted by Gasteiger charge is -2.06. The molecule has 0 unspecified atom stereocenters. The molecule has 0 fully saturated rings. The molecule has 0 amide bonds. The molecule has 0 aliphatic heterocycles. The zero-order valence-corrected chi connectivity index (χ0v) is 14.5. The third kappa shape index (κ3) is 4.50. The minimum Gasteiger partial charge on any atom is -0.468 e. The molecule has 2 aromatic rings. The molecule has 0 aliphatic carbocycles. The third-order valence-electron chi connectivity index (χ3n) is 3.30. The molecule has 0 saturated heterocycles. The predicted octanol–water partition coefficient (Wildman–Crippen LogP) is 1.16. The van der Waals surface area contributed by atoms with E-state index in [1.807, 2.05) is 0 Å². The quantitative estimate of drug-likeness (QED) is 0.451. The van der Waals surface area contributed by atoms with Gasteiger partial charge in [0.2, 0.25) is 0 Å². The third-order valence-corrected chi connectivity index (χ3v) is 3.30. The molecule has 0 spiro atoms. The molecule has 0 bridgehead atoms. The predicted molar refractivity (Wildman–Crippen MR) is 91.1 cm³/mol. The van der Waals surface area contributed by atoms with E-state index in [1.165, 1.54) is 14.2 Å². The molecule has 2 N–H and O–H groups in total. The average molecular weight is 347 g/mol. The number of anilines is 1. The van der Waals surface area contributed by atoms with Gasteiger partial charge in [-0.2, -0.15) is 15.0 Å². The van der Waals surface area contributed by atoms with Crippen molar-refractivity contribution < 1.29 is 19.0 Å². The van der Waals surface area contributed by atoms with Gasteiger partial charge >= 0.3 is 12.0 Å². The maximum Gasteiger partial charge on any atom is 0.320 e. The number of carbonyl (C=O) groups is 1. The summed E-state index contributed by atoms with van der Waals surface area (Å²) >= 11 is 0. The largest absolute Gasteiger partial charge is 0.468 e. The van der Waals surface area contributed by atoms with Crippen molar-refractivity contribution in [1.82, 2.24) is 19.5 Å². The molecule has 9 nitrogen and oxygen atoms in total. The molecule has 9 heteroatoms. The summed E-state index contributed by atoms with van der Waals surface area (Å²) in [5.74, 6) is 5.40. The molecule has 2 heterocycles. The number of fused-ring (bicyclic) bond motifs is 1. The average Bonchev–Trinajstić information content (AvgIpc) is 2.97. The molecular weight excluding hydrogens is 326 g/mol. The monoisotopic (exact) mass is 347 g/mol. The Labute approximate surface area is 145 Å². The summed E-state index contributed by atoms with van der Waals surface area (Å²) in [5.41, 5.74) is 6.82. The number of nitrogens with zero attached hydrogens (tertiary/aromatic N) is 4.